The molecule has 2 amide bonds. The molecule has 2 N–H and O–H groups in total. The van der Waals surface area contributed by atoms with E-state index in [0.717, 1.165) is 0 Å². The molecular weight excluding hydrogens is 382 g/mol. The number of nitrogens with zero attached hydrogens (tertiary/aromatic N) is 2. The second-order valence-electron chi connectivity index (χ2n) is 5.71. The number of amides is 2. The Morgan fingerprint density at radius 3 is 1.48 bits per heavy atom. The van der Waals surface area contributed by atoms with E-state index < -0.39 is 11.8 Å². The maximum atomic E-state index is 12.9. The first-order valence-electron chi connectivity index (χ1n) is 8.31. The summed E-state index contributed by atoms with van der Waals surface area (Å²) in [6.07, 6.45) is 5.38. The van der Waals surface area contributed by atoms with Crippen molar-refractivity contribution in [3.8, 4) is 0 Å². The van der Waals surface area contributed by atoms with E-state index in [0.29, 0.717) is 11.1 Å². The lowest BCUT2D eigenvalue weighted by atomic mass is 10.2. The summed E-state index contributed by atoms with van der Waals surface area (Å²) in [6.45, 7) is 0. The lowest BCUT2D eigenvalue weighted by Crippen LogP contribution is -2.13. The van der Waals surface area contributed by atoms with Gasteiger partial charge in [0, 0.05) is 12.2 Å². The number of hydrogen-bond acceptors (Lipinski definition) is 5. The summed E-state index contributed by atoms with van der Waals surface area (Å²) >= 11 is 0. The molecule has 0 spiro atoms. The highest BCUT2D eigenvalue weighted by Gasteiger charge is 2.13. The second-order valence-corrected chi connectivity index (χ2v) is 5.71. The summed E-state index contributed by atoms with van der Waals surface area (Å²) in [7, 11) is 0. The van der Waals surface area contributed by atoms with Crippen LogP contribution in [0.25, 0.3) is 12.2 Å². The molecule has 0 radical (unpaired) electrons. The fourth-order valence-corrected chi connectivity index (χ4v) is 2.16. The molecule has 0 fully saturated rings. The van der Waals surface area contributed by atoms with Crippen LogP contribution in [0.1, 0.15) is 11.1 Å². The highest BCUT2D eigenvalue weighted by molar-refractivity contribution is 6.06. The van der Waals surface area contributed by atoms with Gasteiger partial charge >= 0.3 is 0 Å². The Bertz CT molecular complexity index is 974. The molecule has 0 atom stereocenters. The molecule has 0 aliphatic rings. The van der Waals surface area contributed by atoms with Crippen molar-refractivity contribution in [3.05, 3.63) is 83.4 Å². The summed E-state index contributed by atoms with van der Waals surface area (Å²) < 4.78 is 30.3. The first kappa shape index (κ1) is 19.6. The normalized spacial score (nSPS) is 11.1. The molecule has 2 aromatic carbocycles. The van der Waals surface area contributed by atoms with Crippen molar-refractivity contribution in [2.24, 2.45) is 0 Å². The van der Waals surface area contributed by atoms with Crippen molar-refractivity contribution in [3.63, 3.8) is 0 Å². The van der Waals surface area contributed by atoms with Crippen molar-refractivity contribution in [2.45, 2.75) is 0 Å². The molecule has 9 heteroatoms. The molecule has 3 rings (SSSR count). The monoisotopic (exact) mass is 396 g/mol. The standard InChI is InChI=1S/C20H14F2N4O3/c21-15-7-1-13(2-8-15)5-11-17(27)23-19-20(26-29-25-19)24-18(28)12-6-14-3-9-16(22)10-4-14/h1-12H,(H,23,25,27)(H,24,26,28)/b11-5-,12-6-. The molecule has 7 nitrogen and oxygen atoms in total. The molecule has 0 aliphatic heterocycles. The third kappa shape index (κ3) is 5.93. The van der Waals surface area contributed by atoms with E-state index >= 15 is 0 Å². The minimum absolute atomic E-state index is 0.0812. The average Bonchev–Trinajstić information content (AvgIpc) is 3.13. The van der Waals surface area contributed by atoms with E-state index in [1.807, 2.05) is 0 Å². The van der Waals surface area contributed by atoms with E-state index in [4.69, 9.17) is 0 Å². The van der Waals surface area contributed by atoms with Crippen LogP contribution in [0.4, 0.5) is 20.4 Å². The first-order valence-corrected chi connectivity index (χ1v) is 8.31. The lowest BCUT2D eigenvalue weighted by Gasteiger charge is -2.00. The molecule has 1 aromatic heterocycles. The number of aromatic nitrogens is 2. The third-order valence-corrected chi connectivity index (χ3v) is 3.57. The van der Waals surface area contributed by atoms with Crippen LogP contribution in [0.3, 0.4) is 0 Å². The van der Waals surface area contributed by atoms with Crippen molar-refractivity contribution in [1.82, 2.24) is 10.3 Å². The molecule has 0 unspecified atom stereocenters. The number of carbonyl (C=O) groups excluding carboxylic acids is 2. The number of halogens is 2. The molecular formula is C20H14F2N4O3. The first-order chi connectivity index (χ1) is 14.0. The Morgan fingerprint density at radius 2 is 1.10 bits per heavy atom. The smallest absolute Gasteiger partial charge is 0.249 e. The Kier molecular flexibility index (Phi) is 6.21. The summed E-state index contributed by atoms with van der Waals surface area (Å²) in [5.41, 5.74) is 1.25. The summed E-state index contributed by atoms with van der Waals surface area (Å²) in [5, 5.41) is 11.9. The third-order valence-electron chi connectivity index (χ3n) is 3.57. The van der Waals surface area contributed by atoms with Gasteiger partial charge in [-0.3, -0.25) is 9.59 Å². The van der Waals surface area contributed by atoms with Crippen LogP contribution in [0, 0.1) is 11.6 Å². The van der Waals surface area contributed by atoms with Crippen LogP contribution in [0.2, 0.25) is 0 Å². The highest BCUT2D eigenvalue weighted by atomic mass is 19.1. The Morgan fingerprint density at radius 1 is 0.724 bits per heavy atom. The Labute approximate surface area is 163 Å². The van der Waals surface area contributed by atoms with Crippen LogP contribution in [-0.2, 0) is 9.59 Å². The molecule has 0 saturated carbocycles. The van der Waals surface area contributed by atoms with Gasteiger partial charge in [-0.05, 0) is 57.9 Å². The van der Waals surface area contributed by atoms with Crippen molar-refractivity contribution < 1.29 is 23.0 Å². The number of hydrogen-bond donors (Lipinski definition) is 2. The lowest BCUT2D eigenvalue weighted by molar-refractivity contribution is -0.112. The zero-order chi connectivity index (χ0) is 20.6. The second kappa shape index (κ2) is 9.18. The van der Waals surface area contributed by atoms with Gasteiger partial charge in [-0.15, -0.1) is 0 Å². The number of carbonyl (C=O) groups is 2. The van der Waals surface area contributed by atoms with E-state index in [-0.39, 0.29) is 23.3 Å². The van der Waals surface area contributed by atoms with Gasteiger partial charge < -0.3 is 10.6 Å². The van der Waals surface area contributed by atoms with Crippen molar-refractivity contribution in [2.75, 3.05) is 10.6 Å². The number of anilines is 2. The van der Waals surface area contributed by atoms with E-state index in [2.05, 4.69) is 25.6 Å². The van der Waals surface area contributed by atoms with Crippen LogP contribution in [0.15, 0.2) is 65.3 Å². The maximum Gasteiger partial charge on any atom is 0.249 e. The predicted molar refractivity (Wildman–Crippen MR) is 102 cm³/mol. The van der Waals surface area contributed by atoms with Gasteiger partial charge in [-0.2, -0.15) is 0 Å². The van der Waals surface area contributed by atoms with Gasteiger partial charge in [0.2, 0.25) is 23.5 Å². The van der Waals surface area contributed by atoms with Crippen LogP contribution >= 0.6 is 0 Å². The van der Waals surface area contributed by atoms with E-state index in [1.54, 1.807) is 0 Å². The van der Waals surface area contributed by atoms with Gasteiger partial charge in [0.25, 0.3) is 0 Å². The molecule has 0 bridgehead atoms. The summed E-state index contributed by atoms with van der Waals surface area (Å²) in [5.74, 6) is -2.03. The molecule has 0 saturated heterocycles. The number of rotatable bonds is 6. The maximum absolute atomic E-state index is 12.9. The molecule has 146 valence electrons. The zero-order valence-corrected chi connectivity index (χ0v) is 14.8. The fraction of sp³-hybridized carbons (Fsp3) is 0. The van der Waals surface area contributed by atoms with Gasteiger partial charge in [0.15, 0.2) is 0 Å². The predicted octanol–water partition coefficient (Wildman–Crippen LogP) is 3.65. The molecule has 3 aromatic rings. The zero-order valence-electron chi connectivity index (χ0n) is 14.8. The van der Waals surface area contributed by atoms with Crippen LogP contribution in [-0.4, -0.2) is 22.1 Å². The van der Waals surface area contributed by atoms with Crippen LogP contribution < -0.4 is 10.6 Å². The SMILES string of the molecule is O=C(/C=C\c1ccc(F)cc1)Nc1nonc1NC(=O)/C=C\c1ccc(F)cc1. The van der Waals surface area contributed by atoms with Gasteiger partial charge in [0.05, 0.1) is 0 Å². The Hall–Kier alpha value is -4.14. The molecule has 29 heavy (non-hydrogen) atoms. The van der Waals surface area contributed by atoms with E-state index in [9.17, 15) is 18.4 Å². The van der Waals surface area contributed by atoms with Crippen molar-refractivity contribution >= 4 is 35.6 Å². The highest BCUT2D eigenvalue weighted by Crippen LogP contribution is 2.16. The minimum Gasteiger partial charge on any atom is -0.301 e. The average molecular weight is 396 g/mol. The molecule has 1 heterocycles. The van der Waals surface area contributed by atoms with Crippen molar-refractivity contribution in [1.29, 1.82) is 0 Å². The van der Waals surface area contributed by atoms with Gasteiger partial charge in [-0.1, -0.05) is 24.3 Å². The van der Waals surface area contributed by atoms with Crippen LogP contribution in [0.5, 0.6) is 0 Å². The Balaban J connectivity index is 1.58. The quantitative estimate of drug-likeness (QED) is 0.620. The van der Waals surface area contributed by atoms with E-state index in [1.165, 1.54) is 72.8 Å². The number of benzene rings is 2. The van der Waals surface area contributed by atoms with Gasteiger partial charge in [-0.25, -0.2) is 13.4 Å². The topological polar surface area (TPSA) is 97.1 Å². The number of nitrogens with one attached hydrogen (secondary N) is 2. The molecule has 0 aliphatic carbocycles. The summed E-state index contributed by atoms with van der Waals surface area (Å²) in [6, 6.07) is 11.1. The van der Waals surface area contributed by atoms with Gasteiger partial charge in [0.1, 0.15) is 11.6 Å². The summed E-state index contributed by atoms with van der Waals surface area (Å²) in [4.78, 5) is 24.0. The minimum atomic E-state index is -0.553. The largest absolute Gasteiger partial charge is 0.301 e. The fourth-order valence-electron chi connectivity index (χ4n) is 2.16.